The molecule has 0 aromatic heterocycles. The fourth-order valence-electron chi connectivity index (χ4n) is 2.68. The average Bonchev–Trinajstić information content (AvgIpc) is 2.92. The SMILES string of the molecule is CNC(c1cc(Br)ccc1Cl)c1cccc2c1OCC2. The molecule has 1 N–H and O–H groups in total. The summed E-state index contributed by atoms with van der Waals surface area (Å²) in [6.07, 6.45) is 0.978. The summed E-state index contributed by atoms with van der Waals surface area (Å²) in [7, 11) is 1.94. The Hall–Kier alpha value is -1.03. The zero-order valence-corrected chi connectivity index (χ0v) is 13.5. The van der Waals surface area contributed by atoms with Crippen molar-refractivity contribution in [2.45, 2.75) is 12.5 Å². The van der Waals surface area contributed by atoms with E-state index in [1.807, 2.05) is 19.2 Å². The summed E-state index contributed by atoms with van der Waals surface area (Å²) in [5.74, 6) is 1.00. The van der Waals surface area contributed by atoms with Crippen molar-refractivity contribution in [1.29, 1.82) is 0 Å². The molecule has 1 aliphatic heterocycles. The number of benzene rings is 2. The molecular weight excluding hydrogens is 338 g/mol. The second-order valence-corrected chi connectivity index (χ2v) is 6.14. The van der Waals surface area contributed by atoms with Gasteiger partial charge in [-0.2, -0.15) is 0 Å². The van der Waals surface area contributed by atoms with Crippen LogP contribution in [-0.2, 0) is 6.42 Å². The van der Waals surface area contributed by atoms with Gasteiger partial charge in [0, 0.05) is 21.5 Å². The number of rotatable bonds is 3. The third-order valence-corrected chi connectivity index (χ3v) is 4.45. The van der Waals surface area contributed by atoms with Gasteiger partial charge >= 0.3 is 0 Å². The van der Waals surface area contributed by atoms with E-state index in [-0.39, 0.29) is 6.04 Å². The van der Waals surface area contributed by atoms with Crippen LogP contribution in [0.5, 0.6) is 5.75 Å². The summed E-state index contributed by atoms with van der Waals surface area (Å²) in [6.45, 7) is 0.759. The van der Waals surface area contributed by atoms with Crippen LogP contribution in [0.2, 0.25) is 5.02 Å². The quantitative estimate of drug-likeness (QED) is 0.887. The molecule has 104 valence electrons. The summed E-state index contributed by atoms with van der Waals surface area (Å²) < 4.78 is 6.83. The zero-order valence-electron chi connectivity index (χ0n) is 11.1. The number of nitrogens with one attached hydrogen (secondary N) is 1. The molecule has 1 aliphatic rings. The van der Waals surface area contributed by atoms with E-state index < -0.39 is 0 Å². The molecule has 4 heteroatoms. The highest BCUT2D eigenvalue weighted by Gasteiger charge is 2.23. The predicted octanol–water partition coefficient (Wildman–Crippen LogP) is 4.35. The summed E-state index contributed by atoms with van der Waals surface area (Å²) in [4.78, 5) is 0. The number of ether oxygens (including phenoxy) is 1. The minimum atomic E-state index is 0.0213. The molecule has 1 atom stereocenters. The highest BCUT2D eigenvalue weighted by atomic mass is 79.9. The molecule has 3 rings (SSSR count). The largest absolute Gasteiger partial charge is 0.493 e. The van der Waals surface area contributed by atoms with Gasteiger partial charge < -0.3 is 10.1 Å². The van der Waals surface area contributed by atoms with Crippen LogP contribution in [0.25, 0.3) is 0 Å². The minimum absolute atomic E-state index is 0.0213. The lowest BCUT2D eigenvalue weighted by molar-refractivity contribution is 0.351. The van der Waals surface area contributed by atoms with E-state index >= 15 is 0 Å². The van der Waals surface area contributed by atoms with E-state index in [1.165, 1.54) is 5.56 Å². The smallest absolute Gasteiger partial charge is 0.127 e. The Balaban J connectivity index is 2.11. The first kappa shape index (κ1) is 13.9. The maximum absolute atomic E-state index is 6.37. The maximum Gasteiger partial charge on any atom is 0.127 e. The Bertz CT molecular complexity index is 644. The summed E-state index contributed by atoms with van der Waals surface area (Å²) in [6, 6.07) is 12.2. The molecule has 0 bridgehead atoms. The standard InChI is InChI=1S/C16H15BrClNO/c1-19-15(13-9-11(17)5-6-14(13)18)12-4-2-3-10-7-8-20-16(10)12/h2-6,9,15,19H,7-8H2,1H3. The maximum atomic E-state index is 6.37. The highest BCUT2D eigenvalue weighted by molar-refractivity contribution is 9.10. The summed E-state index contributed by atoms with van der Waals surface area (Å²) >= 11 is 9.88. The third kappa shape index (κ3) is 2.46. The lowest BCUT2D eigenvalue weighted by Crippen LogP contribution is -2.18. The van der Waals surface area contributed by atoms with E-state index in [4.69, 9.17) is 16.3 Å². The van der Waals surface area contributed by atoms with Crippen molar-refractivity contribution in [3.63, 3.8) is 0 Å². The first-order chi connectivity index (χ1) is 9.70. The zero-order chi connectivity index (χ0) is 14.1. The molecule has 0 amide bonds. The van der Waals surface area contributed by atoms with Gasteiger partial charge in [-0.25, -0.2) is 0 Å². The van der Waals surface area contributed by atoms with Crippen LogP contribution >= 0.6 is 27.5 Å². The molecule has 0 fully saturated rings. The Morgan fingerprint density at radius 1 is 1.25 bits per heavy atom. The molecule has 0 aliphatic carbocycles. The molecular formula is C16H15BrClNO. The number of halogens is 2. The van der Waals surface area contributed by atoms with Gasteiger partial charge in [-0.3, -0.25) is 0 Å². The first-order valence-corrected chi connectivity index (χ1v) is 7.74. The van der Waals surface area contributed by atoms with Crippen LogP contribution in [0.4, 0.5) is 0 Å². The molecule has 20 heavy (non-hydrogen) atoms. The first-order valence-electron chi connectivity index (χ1n) is 6.57. The van der Waals surface area contributed by atoms with E-state index in [9.17, 15) is 0 Å². The minimum Gasteiger partial charge on any atom is -0.493 e. The highest BCUT2D eigenvalue weighted by Crippen LogP contribution is 2.38. The molecule has 2 aromatic carbocycles. The molecule has 0 spiro atoms. The molecule has 1 unspecified atom stereocenters. The fourth-order valence-corrected chi connectivity index (χ4v) is 3.29. The normalized spacial score (nSPS) is 14.8. The van der Waals surface area contributed by atoms with E-state index in [1.54, 1.807) is 0 Å². The lowest BCUT2D eigenvalue weighted by Gasteiger charge is -2.21. The van der Waals surface area contributed by atoms with Gasteiger partial charge in [0.15, 0.2) is 0 Å². The molecule has 0 saturated heterocycles. The number of para-hydroxylation sites is 1. The molecule has 2 nitrogen and oxygen atoms in total. The van der Waals surface area contributed by atoms with Crippen molar-refractivity contribution in [2.75, 3.05) is 13.7 Å². The monoisotopic (exact) mass is 351 g/mol. The van der Waals surface area contributed by atoms with Gasteiger partial charge in [-0.1, -0.05) is 45.7 Å². The van der Waals surface area contributed by atoms with Crippen LogP contribution in [0.1, 0.15) is 22.7 Å². The van der Waals surface area contributed by atoms with Gasteiger partial charge in [0.25, 0.3) is 0 Å². The van der Waals surface area contributed by atoms with Gasteiger partial charge in [0.1, 0.15) is 5.75 Å². The summed E-state index contributed by atoms with van der Waals surface area (Å²) in [5, 5.41) is 4.10. The molecule has 2 aromatic rings. The second-order valence-electron chi connectivity index (χ2n) is 4.82. The van der Waals surface area contributed by atoms with Crippen LogP contribution in [-0.4, -0.2) is 13.7 Å². The average molecular weight is 353 g/mol. The van der Waals surface area contributed by atoms with Crippen molar-refractivity contribution in [3.8, 4) is 5.75 Å². The summed E-state index contributed by atoms with van der Waals surface area (Å²) in [5.41, 5.74) is 3.46. The van der Waals surface area contributed by atoms with Crippen LogP contribution in [0.15, 0.2) is 40.9 Å². The van der Waals surface area contributed by atoms with Gasteiger partial charge in [-0.05, 0) is 36.4 Å². The third-order valence-electron chi connectivity index (χ3n) is 3.61. The van der Waals surface area contributed by atoms with E-state index in [0.717, 1.165) is 39.4 Å². The fraction of sp³-hybridized carbons (Fsp3) is 0.250. The van der Waals surface area contributed by atoms with Crippen molar-refractivity contribution in [1.82, 2.24) is 5.32 Å². The van der Waals surface area contributed by atoms with Gasteiger partial charge in [0.2, 0.25) is 0 Å². The number of hydrogen-bond donors (Lipinski definition) is 1. The number of fused-ring (bicyclic) bond motifs is 1. The Morgan fingerprint density at radius 2 is 2.10 bits per heavy atom. The predicted molar refractivity (Wildman–Crippen MR) is 85.7 cm³/mol. The van der Waals surface area contributed by atoms with Crippen LogP contribution < -0.4 is 10.1 Å². The van der Waals surface area contributed by atoms with Crippen LogP contribution in [0, 0.1) is 0 Å². The second kappa shape index (κ2) is 5.76. The van der Waals surface area contributed by atoms with Crippen molar-refractivity contribution >= 4 is 27.5 Å². The Morgan fingerprint density at radius 3 is 2.90 bits per heavy atom. The van der Waals surface area contributed by atoms with Crippen molar-refractivity contribution in [3.05, 3.63) is 62.6 Å². The number of hydrogen-bond acceptors (Lipinski definition) is 2. The molecule has 1 heterocycles. The van der Waals surface area contributed by atoms with E-state index in [0.29, 0.717) is 0 Å². The van der Waals surface area contributed by atoms with Gasteiger partial charge in [-0.15, -0.1) is 0 Å². The van der Waals surface area contributed by atoms with Crippen molar-refractivity contribution in [2.24, 2.45) is 0 Å². The van der Waals surface area contributed by atoms with E-state index in [2.05, 4.69) is 45.5 Å². The molecule has 0 radical (unpaired) electrons. The lowest BCUT2D eigenvalue weighted by atomic mass is 9.96. The van der Waals surface area contributed by atoms with Crippen LogP contribution in [0.3, 0.4) is 0 Å². The van der Waals surface area contributed by atoms with Crippen molar-refractivity contribution < 1.29 is 4.74 Å². The molecule has 0 saturated carbocycles. The van der Waals surface area contributed by atoms with Gasteiger partial charge in [0.05, 0.1) is 12.6 Å². The Kier molecular flexibility index (Phi) is 4.01. The topological polar surface area (TPSA) is 21.3 Å². The Labute approximate surface area is 132 Å².